The Labute approximate surface area is 98.7 Å². The minimum absolute atomic E-state index is 0.0845. The first-order valence-corrected chi connectivity index (χ1v) is 4.97. The number of ketones is 1. The second kappa shape index (κ2) is 5.74. The Morgan fingerprint density at radius 1 is 1.53 bits per heavy atom. The summed E-state index contributed by atoms with van der Waals surface area (Å²) in [6, 6.07) is 0. The molecule has 0 aliphatic carbocycles. The van der Waals surface area contributed by atoms with Gasteiger partial charge in [0, 0.05) is 25.9 Å². The van der Waals surface area contributed by atoms with Gasteiger partial charge in [-0.25, -0.2) is 14.8 Å². The van der Waals surface area contributed by atoms with Crippen LogP contribution in [0.15, 0.2) is 22.1 Å². The molecule has 0 aliphatic rings. The zero-order valence-corrected chi connectivity index (χ0v) is 9.97. The number of nitrogens with zero attached hydrogens (tertiary/aromatic N) is 3. The highest BCUT2D eigenvalue weighted by atomic mass is 16.1. The van der Waals surface area contributed by atoms with Gasteiger partial charge in [0.15, 0.2) is 5.78 Å². The Bertz CT molecular complexity index is 514. The fraction of sp³-hybridized carbons (Fsp3) is 0.273. The van der Waals surface area contributed by atoms with Crippen molar-refractivity contribution in [2.45, 2.75) is 6.92 Å². The molecule has 6 heteroatoms. The van der Waals surface area contributed by atoms with Gasteiger partial charge in [0.05, 0.1) is 6.34 Å². The SMILES string of the molecule is CC(=O)/C=C/c1cnc(=O)[nH]c1/N=C/N(C)C. The van der Waals surface area contributed by atoms with E-state index in [0.29, 0.717) is 11.4 Å². The maximum absolute atomic E-state index is 11.1. The quantitative estimate of drug-likeness (QED) is 0.470. The molecule has 1 aromatic heterocycles. The number of rotatable bonds is 4. The molecule has 0 fully saturated rings. The first-order valence-electron chi connectivity index (χ1n) is 4.97. The molecule has 17 heavy (non-hydrogen) atoms. The van der Waals surface area contributed by atoms with E-state index in [1.807, 2.05) is 14.1 Å². The zero-order chi connectivity index (χ0) is 12.8. The van der Waals surface area contributed by atoms with Crippen LogP contribution < -0.4 is 5.69 Å². The van der Waals surface area contributed by atoms with Crippen LogP contribution in [-0.4, -0.2) is 41.1 Å². The number of H-pyrrole nitrogens is 1. The lowest BCUT2D eigenvalue weighted by Gasteiger charge is -2.03. The van der Waals surface area contributed by atoms with Gasteiger partial charge in [-0.05, 0) is 19.1 Å². The fourth-order valence-electron chi connectivity index (χ4n) is 1.00. The van der Waals surface area contributed by atoms with E-state index in [1.165, 1.54) is 19.2 Å². The van der Waals surface area contributed by atoms with Gasteiger partial charge in [0.1, 0.15) is 5.82 Å². The Morgan fingerprint density at radius 3 is 2.82 bits per heavy atom. The minimum Gasteiger partial charge on any atom is -0.369 e. The second-order valence-corrected chi connectivity index (χ2v) is 3.64. The van der Waals surface area contributed by atoms with Crippen molar-refractivity contribution in [2.24, 2.45) is 4.99 Å². The molecule has 0 spiro atoms. The van der Waals surface area contributed by atoms with Crippen molar-refractivity contribution in [1.82, 2.24) is 14.9 Å². The van der Waals surface area contributed by atoms with E-state index in [4.69, 9.17) is 0 Å². The molecule has 1 N–H and O–H groups in total. The van der Waals surface area contributed by atoms with E-state index in [-0.39, 0.29) is 5.78 Å². The predicted octanol–water partition coefficient (Wildman–Crippen LogP) is 0.593. The highest BCUT2D eigenvalue weighted by molar-refractivity contribution is 5.92. The van der Waals surface area contributed by atoms with Crippen molar-refractivity contribution >= 4 is 24.0 Å². The first kappa shape index (κ1) is 12.8. The summed E-state index contributed by atoms with van der Waals surface area (Å²) in [6.07, 6.45) is 5.88. The summed E-state index contributed by atoms with van der Waals surface area (Å²) in [7, 11) is 3.63. The average molecular weight is 234 g/mol. The van der Waals surface area contributed by atoms with Gasteiger partial charge >= 0.3 is 5.69 Å². The van der Waals surface area contributed by atoms with Crippen LogP contribution in [0.1, 0.15) is 12.5 Å². The highest BCUT2D eigenvalue weighted by Gasteiger charge is 1.99. The van der Waals surface area contributed by atoms with Crippen molar-refractivity contribution in [3.63, 3.8) is 0 Å². The maximum atomic E-state index is 11.1. The van der Waals surface area contributed by atoms with Gasteiger partial charge in [-0.3, -0.25) is 9.78 Å². The predicted molar refractivity (Wildman–Crippen MR) is 66.4 cm³/mol. The molecule has 90 valence electrons. The van der Waals surface area contributed by atoms with Gasteiger partial charge in [0.25, 0.3) is 0 Å². The monoisotopic (exact) mass is 234 g/mol. The summed E-state index contributed by atoms with van der Waals surface area (Å²) in [6.45, 7) is 1.44. The van der Waals surface area contributed by atoms with Gasteiger partial charge in [-0.1, -0.05) is 0 Å². The number of aromatic amines is 1. The van der Waals surface area contributed by atoms with E-state index in [1.54, 1.807) is 17.3 Å². The third kappa shape index (κ3) is 4.42. The number of carbonyl (C=O) groups excluding carboxylic acids is 1. The van der Waals surface area contributed by atoms with Crippen LogP contribution in [0, 0.1) is 0 Å². The van der Waals surface area contributed by atoms with Crippen molar-refractivity contribution < 1.29 is 4.79 Å². The van der Waals surface area contributed by atoms with E-state index in [9.17, 15) is 9.59 Å². The lowest BCUT2D eigenvalue weighted by atomic mass is 10.2. The summed E-state index contributed by atoms with van der Waals surface area (Å²) >= 11 is 0. The van der Waals surface area contributed by atoms with E-state index < -0.39 is 5.69 Å². The topological polar surface area (TPSA) is 78.4 Å². The molecule has 1 heterocycles. The molecule has 0 unspecified atom stereocenters. The first-order chi connectivity index (χ1) is 7.99. The number of hydrogen-bond donors (Lipinski definition) is 1. The standard InChI is InChI=1S/C11H14N4O2/c1-8(16)4-5-9-6-12-11(17)14-10(9)13-7-15(2)3/h4-7H,1-3H3,(H,12,14,17)/b5-4+,13-7+. The Morgan fingerprint density at radius 2 is 2.24 bits per heavy atom. The number of nitrogens with one attached hydrogen (secondary N) is 1. The molecule has 0 aromatic carbocycles. The van der Waals surface area contributed by atoms with Gasteiger partial charge in [0.2, 0.25) is 0 Å². The number of allylic oxidation sites excluding steroid dienone is 1. The number of aliphatic imine (C=N–C) groups is 1. The van der Waals surface area contributed by atoms with Crippen LogP contribution in [0.3, 0.4) is 0 Å². The van der Waals surface area contributed by atoms with Crippen LogP contribution >= 0.6 is 0 Å². The van der Waals surface area contributed by atoms with E-state index >= 15 is 0 Å². The molecule has 0 radical (unpaired) electrons. The largest absolute Gasteiger partial charge is 0.369 e. The van der Waals surface area contributed by atoms with Crippen LogP contribution in [0.4, 0.5) is 5.82 Å². The van der Waals surface area contributed by atoms with E-state index in [0.717, 1.165) is 0 Å². The Balaban J connectivity index is 3.12. The van der Waals surface area contributed by atoms with Gasteiger partial charge in [-0.15, -0.1) is 0 Å². The second-order valence-electron chi connectivity index (χ2n) is 3.64. The lowest BCUT2D eigenvalue weighted by Crippen LogP contribution is -2.11. The van der Waals surface area contributed by atoms with Crippen molar-refractivity contribution in [3.8, 4) is 0 Å². The van der Waals surface area contributed by atoms with Crippen molar-refractivity contribution in [1.29, 1.82) is 0 Å². The van der Waals surface area contributed by atoms with E-state index in [2.05, 4.69) is 15.0 Å². The molecular formula is C11H14N4O2. The Hall–Kier alpha value is -2.24. The number of hydrogen-bond acceptors (Lipinski definition) is 4. The lowest BCUT2D eigenvalue weighted by molar-refractivity contribution is -0.112. The summed E-state index contributed by atoms with van der Waals surface area (Å²) in [5.74, 6) is 0.287. The molecule has 1 rings (SSSR count). The summed E-state index contributed by atoms with van der Waals surface area (Å²) in [5, 5.41) is 0. The van der Waals surface area contributed by atoms with Crippen LogP contribution in [-0.2, 0) is 4.79 Å². The smallest absolute Gasteiger partial charge is 0.346 e. The van der Waals surface area contributed by atoms with Crippen LogP contribution in [0.5, 0.6) is 0 Å². The average Bonchev–Trinajstić information content (AvgIpc) is 2.24. The fourth-order valence-corrected chi connectivity index (χ4v) is 1.00. The van der Waals surface area contributed by atoms with Crippen LogP contribution in [0.25, 0.3) is 6.08 Å². The zero-order valence-electron chi connectivity index (χ0n) is 9.97. The summed E-state index contributed by atoms with van der Waals surface area (Å²) < 4.78 is 0. The molecular weight excluding hydrogens is 220 g/mol. The summed E-state index contributed by atoms with van der Waals surface area (Å²) in [5.41, 5.74) is 0.105. The number of carbonyl (C=O) groups is 1. The molecule has 0 bridgehead atoms. The van der Waals surface area contributed by atoms with Crippen molar-refractivity contribution in [3.05, 3.63) is 28.3 Å². The molecule has 0 aliphatic heterocycles. The normalized spacial score (nSPS) is 11.2. The van der Waals surface area contributed by atoms with Gasteiger partial charge < -0.3 is 4.90 Å². The molecule has 6 nitrogen and oxygen atoms in total. The maximum Gasteiger partial charge on any atom is 0.346 e. The van der Waals surface area contributed by atoms with Crippen molar-refractivity contribution in [2.75, 3.05) is 14.1 Å². The highest BCUT2D eigenvalue weighted by Crippen LogP contribution is 2.13. The molecule has 0 saturated carbocycles. The third-order valence-electron chi connectivity index (χ3n) is 1.74. The van der Waals surface area contributed by atoms with Gasteiger partial charge in [-0.2, -0.15) is 0 Å². The summed E-state index contributed by atoms with van der Waals surface area (Å²) in [4.78, 5) is 33.8. The Kier molecular flexibility index (Phi) is 4.33. The van der Waals surface area contributed by atoms with Crippen LogP contribution in [0.2, 0.25) is 0 Å². The third-order valence-corrected chi connectivity index (χ3v) is 1.74. The molecule has 0 amide bonds. The minimum atomic E-state index is -0.476. The number of aromatic nitrogens is 2. The molecule has 0 atom stereocenters. The molecule has 1 aromatic rings. The molecule has 0 saturated heterocycles.